The molecule has 0 unspecified atom stereocenters. The average molecular weight is 370 g/mol. The number of halogens is 1. The van der Waals surface area contributed by atoms with E-state index in [0.717, 1.165) is 41.9 Å². The van der Waals surface area contributed by atoms with E-state index < -0.39 is 0 Å². The second-order valence-corrected chi connectivity index (χ2v) is 7.12. The van der Waals surface area contributed by atoms with Crippen LogP contribution >= 0.6 is 11.6 Å². The number of aliphatic hydroxyl groups is 1. The second-order valence-electron chi connectivity index (χ2n) is 6.68. The van der Waals surface area contributed by atoms with Gasteiger partial charge >= 0.3 is 0 Å². The number of rotatable bonds is 4. The number of hydrogen-bond acceptors (Lipinski definition) is 5. The molecule has 2 N–H and O–H groups in total. The second kappa shape index (κ2) is 7.05. The fourth-order valence-electron chi connectivity index (χ4n) is 3.25. The van der Waals surface area contributed by atoms with Crippen LogP contribution < -0.4 is 5.32 Å². The molecule has 3 aromatic rings. The summed E-state index contributed by atoms with van der Waals surface area (Å²) in [5, 5.41) is 18.1. The van der Waals surface area contributed by atoms with Crippen LogP contribution in [0, 0.1) is 0 Å². The van der Waals surface area contributed by atoms with Crippen molar-refractivity contribution in [1.29, 1.82) is 0 Å². The summed E-state index contributed by atoms with van der Waals surface area (Å²) in [6.07, 6.45) is 5.91. The molecule has 4 rings (SSSR count). The quantitative estimate of drug-likeness (QED) is 0.735. The maximum Gasteiger partial charge on any atom is 0.165 e. The Morgan fingerprint density at radius 1 is 1.15 bits per heavy atom. The molecule has 2 aromatic heterocycles. The maximum absolute atomic E-state index is 9.78. The topological polar surface area (TPSA) is 75.9 Å². The van der Waals surface area contributed by atoms with Crippen LogP contribution in [-0.2, 0) is 7.05 Å². The van der Waals surface area contributed by atoms with Crippen LogP contribution in [0.3, 0.4) is 0 Å². The van der Waals surface area contributed by atoms with Crippen LogP contribution in [0.15, 0.2) is 42.7 Å². The van der Waals surface area contributed by atoms with Crippen molar-refractivity contribution < 1.29 is 5.11 Å². The number of nitrogens with one attached hydrogen (secondary N) is 1. The number of anilines is 1. The van der Waals surface area contributed by atoms with Crippen molar-refractivity contribution in [2.24, 2.45) is 7.05 Å². The van der Waals surface area contributed by atoms with Crippen LogP contribution in [0.2, 0.25) is 5.02 Å². The van der Waals surface area contributed by atoms with Crippen molar-refractivity contribution in [3.63, 3.8) is 0 Å². The predicted molar refractivity (Wildman–Crippen MR) is 102 cm³/mol. The summed E-state index contributed by atoms with van der Waals surface area (Å²) >= 11 is 6.01. The summed E-state index contributed by atoms with van der Waals surface area (Å²) in [5.41, 5.74) is 2.64. The number of hydrogen-bond donors (Lipinski definition) is 2. The predicted octanol–water partition coefficient (Wildman–Crippen LogP) is 3.52. The first kappa shape index (κ1) is 17.0. The first-order valence-electron chi connectivity index (χ1n) is 8.65. The molecule has 2 heterocycles. The van der Waals surface area contributed by atoms with Gasteiger partial charge in [0.2, 0.25) is 0 Å². The van der Waals surface area contributed by atoms with Gasteiger partial charge in [-0.1, -0.05) is 23.7 Å². The standard InChI is InChI=1S/C19H20ClN5O/c1-25-11-13(10-21-25)19-23-17(12-2-4-14(20)5-3-12)9-18(24-19)22-15-6-7-16(26)8-15/h2-5,9-11,15-16,26H,6-8H2,1H3,(H,22,23,24)/t15-,16+/m1/s1. The highest BCUT2D eigenvalue weighted by Crippen LogP contribution is 2.28. The molecule has 0 spiro atoms. The molecule has 1 fully saturated rings. The lowest BCUT2D eigenvalue weighted by atomic mass is 10.1. The average Bonchev–Trinajstić information content (AvgIpc) is 3.23. The molecular weight excluding hydrogens is 350 g/mol. The SMILES string of the molecule is Cn1cc(-c2nc(N[C@@H]3CC[C@H](O)C3)cc(-c3ccc(Cl)cc3)n2)cn1. The highest BCUT2D eigenvalue weighted by molar-refractivity contribution is 6.30. The molecule has 0 amide bonds. The molecule has 6 nitrogen and oxygen atoms in total. The van der Waals surface area contributed by atoms with E-state index in [0.29, 0.717) is 10.8 Å². The van der Waals surface area contributed by atoms with Crippen molar-refractivity contribution in [1.82, 2.24) is 19.7 Å². The molecular formula is C19H20ClN5O. The Balaban J connectivity index is 1.72. The van der Waals surface area contributed by atoms with Gasteiger partial charge in [0.15, 0.2) is 5.82 Å². The maximum atomic E-state index is 9.78. The fourth-order valence-corrected chi connectivity index (χ4v) is 3.38. The van der Waals surface area contributed by atoms with Gasteiger partial charge in [-0.15, -0.1) is 0 Å². The Morgan fingerprint density at radius 3 is 2.62 bits per heavy atom. The van der Waals surface area contributed by atoms with Crippen molar-refractivity contribution in [2.45, 2.75) is 31.4 Å². The van der Waals surface area contributed by atoms with Crippen LogP contribution in [0.25, 0.3) is 22.6 Å². The molecule has 134 valence electrons. The molecule has 0 bridgehead atoms. The first-order chi connectivity index (χ1) is 12.6. The van der Waals surface area contributed by atoms with Gasteiger partial charge in [0, 0.05) is 35.9 Å². The lowest BCUT2D eigenvalue weighted by molar-refractivity contribution is 0.182. The zero-order chi connectivity index (χ0) is 18.1. The molecule has 1 aliphatic rings. The van der Waals surface area contributed by atoms with Gasteiger partial charge in [-0.05, 0) is 31.4 Å². The monoisotopic (exact) mass is 369 g/mol. The summed E-state index contributed by atoms with van der Waals surface area (Å²) in [5.74, 6) is 1.37. The Labute approximate surface area is 156 Å². The van der Waals surface area contributed by atoms with E-state index in [-0.39, 0.29) is 12.1 Å². The highest BCUT2D eigenvalue weighted by atomic mass is 35.5. The smallest absolute Gasteiger partial charge is 0.165 e. The van der Waals surface area contributed by atoms with Crippen molar-refractivity contribution in [3.8, 4) is 22.6 Å². The van der Waals surface area contributed by atoms with Crippen LogP contribution in [-0.4, -0.2) is 37.0 Å². The zero-order valence-corrected chi connectivity index (χ0v) is 15.2. The molecule has 1 aliphatic carbocycles. The minimum atomic E-state index is -0.233. The normalized spacial score (nSPS) is 19.7. The minimum absolute atomic E-state index is 0.222. The van der Waals surface area contributed by atoms with E-state index in [2.05, 4.69) is 15.4 Å². The summed E-state index contributed by atoms with van der Waals surface area (Å²) in [6, 6.07) is 9.75. The van der Waals surface area contributed by atoms with Gasteiger partial charge in [0.25, 0.3) is 0 Å². The summed E-state index contributed by atoms with van der Waals surface area (Å²) < 4.78 is 1.73. The van der Waals surface area contributed by atoms with Gasteiger partial charge in [0.05, 0.1) is 23.6 Å². The number of aromatic nitrogens is 4. The van der Waals surface area contributed by atoms with E-state index in [1.54, 1.807) is 10.9 Å². The number of aliphatic hydroxyl groups excluding tert-OH is 1. The Hall–Kier alpha value is -2.44. The summed E-state index contributed by atoms with van der Waals surface area (Å²) in [7, 11) is 1.87. The Bertz CT molecular complexity index is 909. The third-order valence-electron chi connectivity index (χ3n) is 4.59. The van der Waals surface area contributed by atoms with E-state index >= 15 is 0 Å². The molecule has 1 aromatic carbocycles. The molecule has 26 heavy (non-hydrogen) atoms. The lowest BCUT2D eigenvalue weighted by Gasteiger charge is -2.15. The van der Waals surface area contributed by atoms with Crippen molar-refractivity contribution in [3.05, 3.63) is 47.7 Å². The van der Waals surface area contributed by atoms with Crippen LogP contribution in [0.5, 0.6) is 0 Å². The largest absolute Gasteiger partial charge is 0.393 e. The number of aryl methyl sites for hydroxylation is 1. The molecule has 0 radical (unpaired) electrons. The van der Waals surface area contributed by atoms with E-state index in [9.17, 15) is 5.11 Å². The van der Waals surface area contributed by atoms with Gasteiger partial charge in [0.1, 0.15) is 5.82 Å². The summed E-state index contributed by atoms with van der Waals surface area (Å²) in [4.78, 5) is 9.37. The van der Waals surface area contributed by atoms with E-state index in [1.807, 2.05) is 43.6 Å². The Morgan fingerprint density at radius 2 is 1.96 bits per heavy atom. The third kappa shape index (κ3) is 3.71. The fraction of sp³-hybridized carbons (Fsp3) is 0.316. The van der Waals surface area contributed by atoms with E-state index in [4.69, 9.17) is 16.6 Å². The van der Waals surface area contributed by atoms with E-state index in [1.165, 1.54) is 0 Å². The molecule has 7 heteroatoms. The lowest BCUT2D eigenvalue weighted by Crippen LogP contribution is -2.17. The number of benzene rings is 1. The first-order valence-corrected chi connectivity index (χ1v) is 9.03. The molecule has 2 atom stereocenters. The molecule has 1 saturated carbocycles. The van der Waals surface area contributed by atoms with Crippen LogP contribution in [0.1, 0.15) is 19.3 Å². The highest BCUT2D eigenvalue weighted by Gasteiger charge is 2.23. The van der Waals surface area contributed by atoms with Gasteiger partial charge in [-0.3, -0.25) is 4.68 Å². The molecule has 0 saturated heterocycles. The van der Waals surface area contributed by atoms with Crippen molar-refractivity contribution >= 4 is 17.4 Å². The van der Waals surface area contributed by atoms with Gasteiger partial charge in [-0.25, -0.2) is 9.97 Å². The Kier molecular flexibility index (Phi) is 4.61. The van der Waals surface area contributed by atoms with Gasteiger partial charge < -0.3 is 10.4 Å². The zero-order valence-electron chi connectivity index (χ0n) is 14.4. The van der Waals surface area contributed by atoms with Crippen LogP contribution in [0.4, 0.5) is 5.82 Å². The summed E-state index contributed by atoms with van der Waals surface area (Å²) in [6.45, 7) is 0. The minimum Gasteiger partial charge on any atom is -0.393 e. The molecule has 0 aliphatic heterocycles. The third-order valence-corrected chi connectivity index (χ3v) is 4.84. The number of nitrogens with zero attached hydrogens (tertiary/aromatic N) is 4. The van der Waals surface area contributed by atoms with Crippen molar-refractivity contribution in [2.75, 3.05) is 5.32 Å². The van der Waals surface area contributed by atoms with Gasteiger partial charge in [-0.2, -0.15) is 5.10 Å².